The van der Waals surface area contributed by atoms with Gasteiger partial charge in [-0.15, -0.1) is 11.3 Å². The van der Waals surface area contributed by atoms with Gasteiger partial charge in [0.15, 0.2) is 0 Å². The molecule has 7 heteroatoms. The van der Waals surface area contributed by atoms with E-state index in [1.807, 2.05) is 24.3 Å². The number of rotatable bonds is 4. The highest BCUT2D eigenvalue weighted by atomic mass is 35.5. The van der Waals surface area contributed by atoms with Gasteiger partial charge in [0.25, 0.3) is 0 Å². The maximum absolute atomic E-state index is 5.92. The number of fused-ring (bicyclic) bond motifs is 1. The van der Waals surface area contributed by atoms with Crippen molar-refractivity contribution in [3.8, 4) is 0 Å². The minimum absolute atomic E-state index is 0.434. The first kappa shape index (κ1) is 14.6. The lowest BCUT2D eigenvalue weighted by molar-refractivity contribution is 1.08. The predicted octanol–water partition coefficient (Wildman–Crippen LogP) is 4.34. The van der Waals surface area contributed by atoms with Gasteiger partial charge in [-0.1, -0.05) is 30.3 Å². The minimum Gasteiger partial charge on any atom is -0.292 e. The van der Waals surface area contributed by atoms with E-state index in [9.17, 15) is 0 Å². The average molecular weight is 337 g/mol. The number of nitrogens with one attached hydrogen (secondary N) is 1. The zero-order chi connectivity index (χ0) is 14.8. The Morgan fingerprint density at radius 2 is 2.05 bits per heavy atom. The monoisotopic (exact) mass is 336 g/mol. The standard InChI is InChI=1S/C14H13ClN4S2/c1-2-9-7-11-12(20-9)17-14(19-16)18-13(11)21-10-5-3-8(15)4-6-10/h3-7H,2,16H2,1H3,(H,17,18,19). The molecular weight excluding hydrogens is 324 g/mol. The van der Waals surface area contributed by atoms with Gasteiger partial charge in [-0.3, -0.25) is 5.43 Å². The fourth-order valence-electron chi connectivity index (χ4n) is 1.88. The van der Waals surface area contributed by atoms with E-state index < -0.39 is 0 Å². The van der Waals surface area contributed by atoms with E-state index in [4.69, 9.17) is 17.4 Å². The number of benzene rings is 1. The molecule has 0 amide bonds. The molecule has 108 valence electrons. The molecule has 0 bridgehead atoms. The lowest BCUT2D eigenvalue weighted by atomic mass is 10.3. The third-order valence-corrected chi connectivity index (χ3v) is 5.35. The summed E-state index contributed by atoms with van der Waals surface area (Å²) >= 11 is 9.17. The molecule has 0 aliphatic carbocycles. The Morgan fingerprint density at radius 1 is 1.29 bits per heavy atom. The molecule has 21 heavy (non-hydrogen) atoms. The number of hydrogen-bond donors (Lipinski definition) is 2. The number of halogens is 1. The quantitative estimate of drug-likeness (QED) is 0.421. The van der Waals surface area contributed by atoms with E-state index in [0.717, 1.165) is 31.6 Å². The number of aryl methyl sites for hydroxylation is 1. The van der Waals surface area contributed by atoms with Crippen LogP contribution in [0.25, 0.3) is 10.2 Å². The Hall–Kier alpha value is -1.34. The summed E-state index contributed by atoms with van der Waals surface area (Å²) < 4.78 is 0. The minimum atomic E-state index is 0.434. The predicted molar refractivity (Wildman–Crippen MR) is 90.2 cm³/mol. The summed E-state index contributed by atoms with van der Waals surface area (Å²) in [6.07, 6.45) is 0.984. The van der Waals surface area contributed by atoms with Gasteiger partial charge < -0.3 is 0 Å². The van der Waals surface area contributed by atoms with Crippen molar-refractivity contribution in [3.05, 3.63) is 40.2 Å². The van der Waals surface area contributed by atoms with Gasteiger partial charge in [0, 0.05) is 20.2 Å². The number of nitrogens with two attached hydrogens (primary N) is 1. The summed E-state index contributed by atoms with van der Waals surface area (Å²) in [5.41, 5.74) is 2.53. The van der Waals surface area contributed by atoms with Crippen molar-refractivity contribution >= 4 is 50.9 Å². The molecule has 2 heterocycles. The van der Waals surface area contributed by atoms with Gasteiger partial charge in [0.05, 0.1) is 0 Å². The first-order valence-electron chi connectivity index (χ1n) is 6.40. The number of hydrazine groups is 1. The Morgan fingerprint density at radius 3 is 2.71 bits per heavy atom. The van der Waals surface area contributed by atoms with Crippen LogP contribution >= 0.6 is 34.7 Å². The zero-order valence-corrected chi connectivity index (χ0v) is 13.6. The molecule has 0 aliphatic rings. The van der Waals surface area contributed by atoms with E-state index in [-0.39, 0.29) is 0 Å². The van der Waals surface area contributed by atoms with E-state index in [1.165, 1.54) is 4.88 Å². The van der Waals surface area contributed by atoms with E-state index in [1.54, 1.807) is 23.1 Å². The number of nitrogen functional groups attached to an aromatic ring is 1. The van der Waals surface area contributed by atoms with E-state index in [0.29, 0.717) is 5.95 Å². The fraction of sp³-hybridized carbons (Fsp3) is 0.143. The lowest BCUT2D eigenvalue weighted by Crippen LogP contribution is -2.10. The lowest BCUT2D eigenvalue weighted by Gasteiger charge is -2.05. The van der Waals surface area contributed by atoms with Gasteiger partial charge in [-0.05, 0) is 36.8 Å². The van der Waals surface area contributed by atoms with E-state index >= 15 is 0 Å². The number of anilines is 1. The summed E-state index contributed by atoms with van der Waals surface area (Å²) in [7, 11) is 0. The zero-order valence-electron chi connectivity index (χ0n) is 11.3. The van der Waals surface area contributed by atoms with Gasteiger partial charge >= 0.3 is 0 Å². The van der Waals surface area contributed by atoms with Crippen LogP contribution in [0, 0.1) is 0 Å². The third kappa shape index (κ3) is 3.13. The molecule has 0 saturated carbocycles. The molecule has 0 unspecified atom stereocenters. The molecule has 2 aromatic heterocycles. The van der Waals surface area contributed by atoms with Crippen LogP contribution in [0.3, 0.4) is 0 Å². The number of aromatic nitrogens is 2. The second-order valence-electron chi connectivity index (χ2n) is 4.34. The SMILES string of the molecule is CCc1cc2c(Sc3ccc(Cl)cc3)nc(NN)nc2s1. The second kappa shape index (κ2) is 6.19. The van der Waals surface area contributed by atoms with Crippen LogP contribution < -0.4 is 11.3 Å². The number of nitrogens with zero attached hydrogens (tertiary/aromatic N) is 2. The highest BCUT2D eigenvalue weighted by molar-refractivity contribution is 7.99. The van der Waals surface area contributed by atoms with Crippen LogP contribution in [0.4, 0.5) is 5.95 Å². The van der Waals surface area contributed by atoms with Crippen LogP contribution in [0.5, 0.6) is 0 Å². The summed E-state index contributed by atoms with van der Waals surface area (Å²) in [4.78, 5) is 12.2. The van der Waals surface area contributed by atoms with Crippen LogP contribution in [-0.2, 0) is 6.42 Å². The van der Waals surface area contributed by atoms with Gasteiger partial charge in [0.1, 0.15) is 9.86 Å². The molecule has 3 N–H and O–H groups in total. The van der Waals surface area contributed by atoms with Crippen LogP contribution in [-0.4, -0.2) is 9.97 Å². The summed E-state index contributed by atoms with van der Waals surface area (Å²) in [5.74, 6) is 5.90. The Balaban J connectivity index is 2.06. The van der Waals surface area contributed by atoms with Crippen molar-refractivity contribution in [3.63, 3.8) is 0 Å². The molecule has 0 aliphatic heterocycles. The summed E-state index contributed by atoms with van der Waals surface area (Å²) in [5, 5.41) is 2.68. The average Bonchev–Trinajstić information content (AvgIpc) is 2.92. The van der Waals surface area contributed by atoms with Crippen LogP contribution in [0.2, 0.25) is 5.02 Å². The van der Waals surface area contributed by atoms with Crippen molar-refractivity contribution in [2.24, 2.45) is 5.84 Å². The smallest absolute Gasteiger partial charge is 0.239 e. The number of thiophene rings is 1. The molecule has 1 aromatic carbocycles. The Labute approximate surface area is 135 Å². The number of hydrogen-bond acceptors (Lipinski definition) is 6. The molecule has 0 atom stereocenters. The molecule has 0 spiro atoms. The van der Waals surface area contributed by atoms with Gasteiger partial charge in [0.2, 0.25) is 5.95 Å². The van der Waals surface area contributed by atoms with Gasteiger partial charge in [-0.25, -0.2) is 15.8 Å². The fourth-order valence-corrected chi connectivity index (χ4v) is 3.93. The van der Waals surface area contributed by atoms with Gasteiger partial charge in [-0.2, -0.15) is 0 Å². The summed E-state index contributed by atoms with van der Waals surface area (Å²) in [6.45, 7) is 2.13. The first-order chi connectivity index (χ1) is 10.2. The Bertz CT molecular complexity index is 770. The highest BCUT2D eigenvalue weighted by Gasteiger charge is 2.12. The summed E-state index contributed by atoms with van der Waals surface area (Å²) in [6, 6.07) is 9.84. The van der Waals surface area contributed by atoms with Crippen molar-refractivity contribution < 1.29 is 0 Å². The normalized spacial score (nSPS) is 11.0. The Kier molecular flexibility index (Phi) is 4.30. The molecule has 3 rings (SSSR count). The maximum Gasteiger partial charge on any atom is 0.239 e. The van der Waals surface area contributed by atoms with Crippen molar-refractivity contribution in [1.29, 1.82) is 0 Å². The topological polar surface area (TPSA) is 63.8 Å². The molecular formula is C14H13ClN4S2. The van der Waals surface area contributed by atoms with Crippen molar-refractivity contribution in [2.75, 3.05) is 5.43 Å². The van der Waals surface area contributed by atoms with Crippen molar-refractivity contribution in [2.45, 2.75) is 23.3 Å². The second-order valence-corrected chi connectivity index (χ2v) is 6.95. The highest BCUT2D eigenvalue weighted by Crippen LogP contribution is 2.36. The molecule has 4 nitrogen and oxygen atoms in total. The largest absolute Gasteiger partial charge is 0.292 e. The molecule has 3 aromatic rings. The van der Waals surface area contributed by atoms with Crippen LogP contribution in [0.15, 0.2) is 40.3 Å². The van der Waals surface area contributed by atoms with E-state index in [2.05, 4.69) is 28.4 Å². The van der Waals surface area contributed by atoms with Crippen molar-refractivity contribution in [1.82, 2.24) is 9.97 Å². The third-order valence-electron chi connectivity index (χ3n) is 2.91. The van der Waals surface area contributed by atoms with Crippen LogP contribution in [0.1, 0.15) is 11.8 Å². The molecule has 0 radical (unpaired) electrons. The molecule has 0 fully saturated rings. The molecule has 0 saturated heterocycles. The maximum atomic E-state index is 5.92. The first-order valence-corrected chi connectivity index (χ1v) is 8.41.